The Labute approximate surface area is 104 Å². The van der Waals surface area contributed by atoms with Gasteiger partial charge in [-0.3, -0.25) is 5.32 Å². The molecule has 1 aromatic rings. The molecule has 1 aromatic heterocycles. The second-order valence-corrected chi connectivity index (χ2v) is 3.46. The number of methoxy groups -OCH3 is 2. The third kappa shape index (κ3) is 4.16. The van der Waals surface area contributed by atoms with Crippen molar-refractivity contribution < 1.29 is 22.7 Å². The smallest absolute Gasteiger partial charge is 0.350 e. The molecule has 0 unspecified atom stereocenters. The van der Waals surface area contributed by atoms with Gasteiger partial charge in [0, 0.05) is 20.4 Å². The number of ether oxygens (including phenoxy) is 2. The van der Waals surface area contributed by atoms with E-state index in [2.05, 4.69) is 19.6 Å². The van der Waals surface area contributed by atoms with Crippen molar-refractivity contribution in [2.75, 3.05) is 19.5 Å². The number of nitrogens with zero attached hydrogens (tertiary/aromatic N) is 3. The predicted molar refractivity (Wildman–Crippen MR) is 59.2 cm³/mol. The highest BCUT2D eigenvalue weighted by Gasteiger charge is 2.12. The highest BCUT2D eigenvalue weighted by atomic mass is 32.2. The van der Waals surface area contributed by atoms with Gasteiger partial charge in [0.2, 0.25) is 12.2 Å². The lowest BCUT2D eigenvalue weighted by Gasteiger charge is -2.12. The Hall–Kier alpha value is -1.91. The Bertz CT molecular complexity index is 546. The summed E-state index contributed by atoms with van der Waals surface area (Å²) in [5.41, 5.74) is 0.369. The van der Waals surface area contributed by atoms with Crippen LogP contribution in [0, 0.1) is 0 Å². The Morgan fingerprint density at radius 3 is 2.67 bits per heavy atom. The molecule has 9 nitrogen and oxygen atoms in total. The van der Waals surface area contributed by atoms with E-state index in [0.29, 0.717) is 5.69 Å². The van der Waals surface area contributed by atoms with Crippen LogP contribution in [0.5, 0.6) is 0 Å². The molecule has 0 aromatic carbocycles. The van der Waals surface area contributed by atoms with E-state index >= 15 is 0 Å². The molecule has 0 radical (unpaired) electrons. The first-order valence-electron chi connectivity index (χ1n) is 4.57. The molecular formula is C8H10N4O5S. The van der Waals surface area contributed by atoms with Crippen molar-refractivity contribution in [1.82, 2.24) is 9.97 Å². The Morgan fingerprint density at radius 2 is 2.11 bits per heavy atom. The van der Waals surface area contributed by atoms with Gasteiger partial charge in [-0.15, -0.1) is 0 Å². The highest BCUT2D eigenvalue weighted by Crippen LogP contribution is 2.15. The zero-order chi connectivity index (χ0) is 13.5. The zero-order valence-corrected chi connectivity index (χ0v) is 10.3. The molecule has 2 amide bonds. The molecule has 1 N–H and O–H groups in total. The number of nitrogens with one attached hydrogen (secondary N) is 1. The molecule has 18 heavy (non-hydrogen) atoms. The summed E-state index contributed by atoms with van der Waals surface area (Å²) < 4.78 is 33.0. The fourth-order valence-corrected chi connectivity index (χ4v) is 1.27. The second-order valence-electron chi connectivity index (χ2n) is 2.85. The molecule has 0 spiro atoms. The average molecular weight is 274 g/mol. The normalized spacial score (nSPS) is 10.2. The molecule has 0 bridgehead atoms. The van der Waals surface area contributed by atoms with E-state index in [1.807, 2.05) is 0 Å². The number of aromatic nitrogens is 2. The minimum Gasteiger partial charge on any atom is -0.350 e. The van der Waals surface area contributed by atoms with Gasteiger partial charge < -0.3 is 9.47 Å². The molecule has 0 fully saturated rings. The van der Waals surface area contributed by atoms with Crippen LogP contribution in [0.3, 0.4) is 0 Å². The van der Waals surface area contributed by atoms with E-state index in [-0.39, 0.29) is 5.95 Å². The molecule has 0 aliphatic carbocycles. The molecule has 0 aliphatic heterocycles. The summed E-state index contributed by atoms with van der Waals surface area (Å²) in [6.07, 6.45) is 0.645. The maximum absolute atomic E-state index is 11.0. The van der Waals surface area contributed by atoms with E-state index in [9.17, 15) is 13.2 Å². The van der Waals surface area contributed by atoms with Gasteiger partial charge in [0.15, 0.2) is 0 Å². The maximum Gasteiger partial charge on any atom is 0.362 e. The predicted octanol–water partition coefficient (Wildman–Crippen LogP) is 0.363. The van der Waals surface area contributed by atoms with E-state index in [1.54, 1.807) is 0 Å². The first-order valence-corrected chi connectivity index (χ1v) is 5.60. The van der Waals surface area contributed by atoms with Crippen LogP contribution >= 0.6 is 0 Å². The lowest BCUT2D eigenvalue weighted by molar-refractivity contribution is -0.108. The number of carbonyl (C=O) groups is 1. The van der Waals surface area contributed by atoms with E-state index in [0.717, 1.165) is 0 Å². The highest BCUT2D eigenvalue weighted by molar-refractivity contribution is 7.62. The summed E-state index contributed by atoms with van der Waals surface area (Å²) in [6.45, 7) is 0. The first kappa shape index (κ1) is 14.2. The van der Waals surface area contributed by atoms with Crippen LogP contribution in [0.1, 0.15) is 12.0 Å². The van der Waals surface area contributed by atoms with Crippen LogP contribution in [0.25, 0.3) is 0 Å². The van der Waals surface area contributed by atoms with Gasteiger partial charge in [-0.2, -0.15) is 8.42 Å². The largest absolute Gasteiger partial charge is 0.362 e. The van der Waals surface area contributed by atoms with E-state index in [4.69, 9.17) is 9.47 Å². The summed E-state index contributed by atoms with van der Waals surface area (Å²) in [6, 6.07) is 0.433. The van der Waals surface area contributed by atoms with E-state index in [1.165, 1.54) is 26.5 Å². The Kier molecular flexibility index (Phi) is 5.30. The van der Waals surface area contributed by atoms with E-state index < -0.39 is 22.8 Å². The van der Waals surface area contributed by atoms with Crippen LogP contribution in [0.2, 0.25) is 0 Å². The lowest BCUT2D eigenvalue weighted by atomic mass is 10.4. The van der Waals surface area contributed by atoms with Crippen LogP contribution < -0.4 is 5.32 Å². The molecule has 1 heterocycles. The van der Waals surface area contributed by atoms with Gasteiger partial charge in [-0.1, -0.05) is 4.36 Å². The first-order chi connectivity index (χ1) is 8.56. The van der Waals surface area contributed by atoms with Gasteiger partial charge >= 0.3 is 16.5 Å². The quantitative estimate of drug-likeness (QED) is 0.787. The lowest BCUT2D eigenvalue weighted by Crippen LogP contribution is -2.12. The third-order valence-electron chi connectivity index (χ3n) is 1.72. The molecular weight excluding hydrogens is 264 g/mol. The van der Waals surface area contributed by atoms with Gasteiger partial charge in [0.05, 0.1) is 0 Å². The summed E-state index contributed by atoms with van der Waals surface area (Å²) in [4.78, 5) is 18.7. The molecule has 0 aliphatic rings. The van der Waals surface area contributed by atoms with Crippen molar-refractivity contribution in [3.05, 3.63) is 18.0 Å². The van der Waals surface area contributed by atoms with Crippen molar-refractivity contribution in [2.45, 2.75) is 6.29 Å². The molecule has 98 valence electrons. The van der Waals surface area contributed by atoms with Crippen molar-refractivity contribution in [3.63, 3.8) is 0 Å². The maximum atomic E-state index is 11.0. The molecule has 0 atom stereocenters. The standard InChI is InChI=1S/C8H10N4O5S/c1-16-6(17-2)5-3-4-9-7(10-5)11-8(13)12-18(14)15/h3-4,6H,1-2H3,(H,9,10,11,13). The van der Waals surface area contributed by atoms with Gasteiger partial charge in [-0.25, -0.2) is 14.8 Å². The minimum absolute atomic E-state index is 0.106. The monoisotopic (exact) mass is 274 g/mol. The number of carbonyl (C=O) groups excluding carboxylic acids is 1. The van der Waals surface area contributed by atoms with Crippen LogP contribution in [-0.2, 0) is 20.0 Å². The van der Waals surface area contributed by atoms with Crippen LogP contribution in [-0.4, -0.2) is 38.6 Å². The van der Waals surface area contributed by atoms with Crippen molar-refractivity contribution >= 4 is 22.5 Å². The molecule has 1 rings (SSSR count). The summed E-state index contributed by atoms with van der Waals surface area (Å²) in [5.74, 6) is -0.106. The topological polar surface area (TPSA) is 120 Å². The second kappa shape index (κ2) is 6.74. The molecule has 0 saturated heterocycles. The summed E-state index contributed by atoms with van der Waals surface area (Å²) >= 11 is 0. The van der Waals surface area contributed by atoms with Crippen molar-refractivity contribution in [1.29, 1.82) is 0 Å². The fraction of sp³-hybridized carbons (Fsp3) is 0.375. The Balaban J connectivity index is 2.89. The summed E-state index contributed by atoms with van der Waals surface area (Å²) in [7, 11) is 0.0135. The van der Waals surface area contributed by atoms with Crippen LogP contribution in [0.15, 0.2) is 16.6 Å². The third-order valence-corrected chi connectivity index (χ3v) is 2.04. The number of anilines is 1. The Morgan fingerprint density at radius 1 is 1.44 bits per heavy atom. The fourth-order valence-electron chi connectivity index (χ4n) is 1.09. The number of rotatable bonds is 4. The minimum atomic E-state index is -2.83. The van der Waals surface area contributed by atoms with Crippen molar-refractivity contribution in [3.8, 4) is 0 Å². The number of urea groups is 1. The van der Waals surface area contributed by atoms with Crippen LogP contribution in [0.4, 0.5) is 10.7 Å². The SMILES string of the molecule is COC(OC)c1ccnc(NC(=O)N=S(=O)=O)n1. The van der Waals surface area contributed by atoms with Gasteiger partial charge in [0.25, 0.3) is 0 Å². The van der Waals surface area contributed by atoms with Gasteiger partial charge in [0.1, 0.15) is 5.69 Å². The van der Waals surface area contributed by atoms with Gasteiger partial charge in [-0.05, 0) is 6.07 Å². The number of hydrogen-bond donors (Lipinski definition) is 1. The summed E-state index contributed by atoms with van der Waals surface area (Å²) in [5, 5.41) is 2.08. The number of hydrogen-bond acceptors (Lipinski definition) is 7. The average Bonchev–Trinajstić information content (AvgIpc) is 2.29. The molecule has 0 saturated carbocycles. The number of amides is 2. The zero-order valence-electron chi connectivity index (χ0n) is 9.52. The van der Waals surface area contributed by atoms with Crippen molar-refractivity contribution in [2.24, 2.45) is 4.36 Å². The molecule has 10 heteroatoms.